The predicted molar refractivity (Wildman–Crippen MR) is 133 cm³/mol. The first-order valence-electron chi connectivity index (χ1n) is 11.2. The van der Waals surface area contributed by atoms with Gasteiger partial charge in [0.05, 0.1) is 16.0 Å². The van der Waals surface area contributed by atoms with E-state index in [1.54, 1.807) is 12.1 Å². The van der Waals surface area contributed by atoms with Crippen molar-refractivity contribution in [2.75, 3.05) is 30.9 Å². The number of benzene rings is 1. The van der Waals surface area contributed by atoms with Crippen LogP contribution in [0.1, 0.15) is 24.1 Å². The number of amides is 1. The number of rotatable bonds is 9. The van der Waals surface area contributed by atoms with Gasteiger partial charge in [-0.1, -0.05) is 0 Å². The summed E-state index contributed by atoms with van der Waals surface area (Å²) >= 11 is 0. The summed E-state index contributed by atoms with van der Waals surface area (Å²) in [6.45, 7) is 0.318. The Kier molecular flexibility index (Phi) is 7.10. The highest BCUT2D eigenvalue weighted by atomic mass is 32.2. The third-order valence-corrected chi connectivity index (χ3v) is 8.49. The number of nitrogens with zero attached hydrogens (tertiary/aromatic N) is 2. The third-order valence-electron chi connectivity index (χ3n) is 6.03. The lowest BCUT2D eigenvalue weighted by molar-refractivity contribution is -0.125. The number of fused-ring (bicyclic) bond motifs is 3. The van der Waals surface area contributed by atoms with E-state index in [1.807, 2.05) is 0 Å². The van der Waals surface area contributed by atoms with Crippen molar-refractivity contribution in [1.82, 2.24) is 25.0 Å². The summed E-state index contributed by atoms with van der Waals surface area (Å²) in [5.74, 6) is 0.273. The number of aromatic nitrogens is 3. The lowest BCUT2D eigenvalue weighted by Gasteiger charge is -2.22. The smallest absolute Gasteiger partial charge is 0.240 e. The van der Waals surface area contributed by atoms with Crippen molar-refractivity contribution < 1.29 is 21.6 Å². The number of carbonyl (C=O) groups excluding carboxylic acids is 1. The van der Waals surface area contributed by atoms with E-state index in [2.05, 4.69) is 30.3 Å². The molecule has 0 saturated heterocycles. The van der Waals surface area contributed by atoms with Gasteiger partial charge in [0.25, 0.3) is 0 Å². The van der Waals surface area contributed by atoms with Crippen molar-refractivity contribution in [1.29, 1.82) is 0 Å². The maximum atomic E-state index is 12.7. The largest absolute Gasteiger partial charge is 0.356 e. The molecule has 0 spiro atoms. The average Bonchev–Trinajstić information content (AvgIpc) is 3.20. The van der Waals surface area contributed by atoms with Crippen molar-refractivity contribution in [3.8, 4) is 0 Å². The number of sulfone groups is 1. The van der Waals surface area contributed by atoms with Crippen LogP contribution in [0.2, 0.25) is 0 Å². The van der Waals surface area contributed by atoms with Crippen molar-refractivity contribution in [2.24, 2.45) is 5.92 Å². The Morgan fingerprint density at radius 1 is 1.14 bits per heavy atom. The molecule has 2 heterocycles. The topological polar surface area (TPSA) is 163 Å². The summed E-state index contributed by atoms with van der Waals surface area (Å²) in [4.78, 5) is 25.0. The molecular weight excluding hydrogens is 492 g/mol. The minimum absolute atomic E-state index is 0.0405. The van der Waals surface area contributed by atoms with E-state index in [0.717, 1.165) is 16.6 Å². The van der Waals surface area contributed by atoms with Gasteiger partial charge in [0, 0.05) is 30.1 Å². The number of nitrogens with one attached hydrogen (secondary N) is 4. The Balaban J connectivity index is 1.52. The van der Waals surface area contributed by atoms with Gasteiger partial charge in [0.2, 0.25) is 15.9 Å². The number of hydrogen-bond acceptors (Lipinski definition) is 8. The highest BCUT2D eigenvalue weighted by molar-refractivity contribution is 7.90. The molecule has 4 rings (SSSR count). The van der Waals surface area contributed by atoms with Gasteiger partial charge in [-0.3, -0.25) is 4.79 Å². The first-order valence-corrected chi connectivity index (χ1v) is 14.7. The van der Waals surface area contributed by atoms with E-state index in [4.69, 9.17) is 0 Å². The zero-order valence-electron chi connectivity index (χ0n) is 19.5. The zero-order valence-corrected chi connectivity index (χ0v) is 21.1. The first kappa shape index (κ1) is 25.1. The molecule has 4 N–H and O–H groups in total. The molecule has 0 fully saturated rings. The second kappa shape index (κ2) is 9.91. The number of aryl methyl sites for hydroxylation is 1. The molecule has 1 atom stereocenters. The minimum atomic E-state index is -3.53. The summed E-state index contributed by atoms with van der Waals surface area (Å²) < 4.78 is 48.8. The number of aromatic amines is 1. The van der Waals surface area contributed by atoms with Crippen LogP contribution >= 0.6 is 0 Å². The fraction of sp³-hybridized carbons (Fsp3) is 0.409. The van der Waals surface area contributed by atoms with Gasteiger partial charge in [-0.05, 0) is 62.6 Å². The van der Waals surface area contributed by atoms with Crippen molar-refractivity contribution in [3.05, 3.63) is 41.9 Å². The molecule has 1 aromatic carbocycles. The third kappa shape index (κ3) is 5.80. The van der Waals surface area contributed by atoms with Crippen LogP contribution in [0.4, 0.5) is 11.5 Å². The Bertz CT molecular complexity index is 1450. The summed E-state index contributed by atoms with van der Waals surface area (Å²) in [6, 6.07) is 6.32. The highest BCUT2D eigenvalue weighted by Gasteiger charge is 2.29. The molecule has 35 heavy (non-hydrogen) atoms. The first-order chi connectivity index (χ1) is 16.6. The molecule has 0 unspecified atom stereocenters. The fourth-order valence-electron chi connectivity index (χ4n) is 4.22. The summed E-state index contributed by atoms with van der Waals surface area (Å²) in [7, 11) is -5.23. The van der Waals surface area contributed by atoms with E-state index < -0.39 is 19.9 Å². The van der Waals surface area contributed by atoms with Gasteiger partial charge < -0.3 is 15.6 Å². The van der Waals surface area contributed by atoms with Crippen LogP contribution in [0.3, 0.4) is 0 Å². The number of sulfonamides is 1. The van der Waals surface area contributed by atoms with E-state index in [9.17, 15) is 21.6 Å². The molecule has 13 heteroatoms. The van der Waals surface area contributed by atoms with Gasteiger partial charge in [-0.15, -0.1) is 0 Å². The molecule has 1 aliphatic rings. The SMILES string of the molecule is CNS(=O)(=O)c1ccc(Nc2ncnc3[nH]c4c(c23)C[C@@H](C(=O)NCCCS(C)(=O)=O)CC4)cc1. The van der Waals surface area contributed by atoms with Crippen LogP contribution < -0.4 is 15.4 Å². The average molecular weight is 521 g/mol. The lowest BCUT2D eigenvalue weighted by Crippen LogP contribution is -2.35. The molecular formula is C22H28N6O5S2. The number of hydrogen-bond donors (Lipinski definition) is 4. The Labute approximate surface area is 204 Å². The molecule has 0 bridgehead atoms. The lowest BCUT2D eigenvalue weighted by atomic mass is 9.86. The van der Waals surface area contributed by atoms with Crippen molar-refractivity contribution in [2.45, 2.75) is 30.6 Å². The number of H-pyrrole nitrogens is 1. The molecule has 11 nitrogen and oxygen atoms in total. The predicted octanol–water partition coefficient (Wildman–Crippen LogP) is 1.27. The second-order valence-electron chi connectivity index (χ2n) is 8.60. The van der Waals surface area contributed by atoms with Crippen LogP contribution in [0.5, 0.6) is 0 Å². The maximum absolute atomic E-state index is 12.7. The molecule has 0 radical (unpaired) electrons. The van der Waals surface area contributed by atoms with Crippen LogP contribution in [-0.4, -0.2) is 63.3 Å². The van der Waals surface area contributed by atoms with Gasteiger partial charge in [-0.2, -0.15) is 0 Å². The minimum Gasteiger partial charge on any atom is -0.356 e. The second-order valence-corrected chi connectivity index (χ2v) is 12.7. The molecule has 1 aliphatic carbocycles. The Morgan fingerprint density at radius 3 is 2.57 bits per heavy atom. The van der Waals surface area contributed by atoms with Crippen LogP contribution in [0.15, 0.2) is 35.5 Å². The van der Waals surface area contributed by atoms with Crippen molar-refractivity contribution in [3.63, 3.8) is 0 Å². The number of carbonyl (C=O) groups is 1. The fourth-order valence-corrected chi connectivity index (χ4v) is 5.62. The van der Waals surface area contributed by atoms with E-state index in [0.29, 0.717) is 49.4 Å². The maximum Gasteiger partial charge on any atom is 0.240 e. The van der Waals surface area contributed by atoms with Gasteiger partial charge in [0.1, 0.15) is 27.6 Å². The van der Waals surface area contributed by atoms with Crippen LogP contribution in [0.25, 0.3) is 11.0 Å². The standard InChI is InChI=1S/C22H28N6O5S2/c1-23-35(32,33)16-7-5-15(6-8-16)27-20-19-17-12-14(22(29)24-10-3-11-34(2,30)31)4-9-18(17)28-21(19)26-13-25-20/h5-8,13-14,23H,3-4,9-12H2,1-2H3,(H,24,29)(H2,25,26,27,28)/t14-/m0/s1. The normalized spacial score (nSPS) is 16.1. The van der Waals surface area contributed by atoms with E-state index in [-0.39, 0.29) is 22.5 Å². The summed E-state index contributed by atoms with van der Waals surface area (Å²) in [6.07, 6.45) is 4.87. The zero-order chi connectivity index (χ0) is 25.2. The van der Waals surface area contributed by atoms with Crippen molar-refractivity contribution >= 4 is 48.3 Å². The Morgan fingerprint density at radius 2 is 1.89 bits per heavy atom. The van der Waals surface area contributed by atoms with Gasteiger partial charge in [-0.25, -0.2) is 31.5 Å². The Hall–Kier alpha value is -3.03. The molecule has 3 aromatic rings. The molecule has 0 saturated carbocycles. The molecule has 2 aromatic heterocycles. The molecule has 1 amide bonds. The highest BCUT2D eigenvalue weighted by Crippen LogP contribution is 2.35. The summed E-state index contributed by atoms with van der Waals surface area (Å²) in [5, 5.41) is 6.89. The van der Waals surface area contributed by atoms with Gasteiger partial charge in [0.15, 0.2) is 0 Å². The molecule has 0 aliphatic heterocycles. The quantitative estimate of drug-likeness (QED) is 0.307. The van der Waals surface area contributed by atoms with Gasteiger partial charge >= 0.3 is 0 Å². The molecule has 188 valence electrons. The summed E-state index contributed by atoms with van der Waals surface area (Å²) in [5.41, 5.74) is 3.31. The number of anilines is 2. The van der Waals surface area contributed by atoms with Crippen LogP contribution in [0, 0.1) is 5.92 Å². The van der Waals surface area contributed by atoms with E-state index >= 15 is 0 Å². The van der Waals surface area contributed by atoms with Crippen LogP contribution in [-0.2, 0) is 37.5 Å². The van der Waals surface area contributed by atoms with E-state index in [1.165, 1.54) is 31.8 Å². The monoisotopic (exact) mass is 520 g/mol.